The Morgan fingerprint density at radius 1 is 1.20 bits per heavy atom. The number of benzene rings is 1. The van der Waals surface area contributed by atoms with Gasteiger partial charge in [0.05, 0.1) is 12.6 Å². The summed E-state index contributed by atoms with van der Waals surface area (Å²) in [4.78, 5) is 0. The largest absolute Gasteiger partial charge is 0.389 e. The Kier molecular flexibility index (Phi) is 7.62. The molecule has 0 spiro atoms. The summed E-state index contributed by atoms with van der Waals surface area (Å²) in [5.74, 6) is 0. The Morgan fingerprint density at radius 3 is 2.50 bits per heavy atom. The summed E-state index contributed by atoms with van der Waals surface area (Å²) in [6.45, 7) is 3.45. The zero-order valence-corrected chi connectivity index (χ0v) is 11.7. The van der Waals surface area contributed by atoms with Crippen LogP contribution in [0.15, 0.2) is 30.3 Å². The van der Waals surface area contributed by atoms with Crippen molar-refractivity contribution in [1.82, 2.24) is 5.32 Å². The molecule has 0 amide bonds. The molecule has 0 saturated heterocycles. The third-order valence-corrected chi connectivity index (χ3v) is 2.88. The zero-order chi connectivity index (χ0) is 14.8. The topological polar surface area (TPSA) is 21.3 Å². The molecule has 0 aliphatic heterocycles. The van der Waals surface area contributed by atoms with Crippen molar-refractivity contribution >= 4 is 0 Å². The minimum Gasteiger partial charge on any atom is -0.379 e. The predicted molar refractivity (Wildman–Crippen MR) is 73.6 cm³/mol. The van der Waals surface area contributed by atoms with Crippen LogP contribution in [-0.4, -0.2) is 25.9 Å². The Labute approximate surface area is 118 Å². The van der Waals surface area contributed by atoms with Crippen LogP contribution in [0.4, 0.5) is 13.2 Å². The average molecular weight is 289 g/mol. The third kappa shape index (κ3) is 7.50. The summed E-state index contributed by atoms with van der Waals surface area (Å²) in [5.41, 5.74) is 1.09. The predicted octanol–water partition coefficient (Wildman–Crippen LogP) is 4.09. The standard InChI is InChI=1S/C15H22F3NO/c1-2-10-19-14(13-7-4-3-5-8-13)12-20-11-6-9-15(16,17)18/h3-5,7-8,14,19H,2,6,9-12H2,1H3. The van der Waals surface area contributed by atoms with E-state index >= 15 is 0 Å². The molecule has 0 bridgehead atoms. The normalized spacial score (nSPS) is 13.4. The number of hydrogen-bond acceptors (Lipinski definition) is 2. The van der Waals surface area contributed by atoms with Crippen molar-refractivity contribution < 1.29 is 17.9 Å². The van der Waals surface area contributed by atoms with Crippen molar-refractivity contribution in [2.24, 2.45) is 0 Å². The molecule has 1 atom stereocenters. The first-order chi connectivity index (χ1) is 9.53. The molecule has 1 N–H and O–H groups in total. The van der Waals surface area contributed by atoms with Gasteiger partial charge in [-0.3, -0.25) is 0 Å². The van der Waals surface area contributed by atoms with Crippen LogP contribution in [0.3, 0.4) is 0 Å². The lowest BCUT2D eigenvalue weighted by atomic mass is 10.1. The average Bonchev–Trinajstić information content (AvgIpc) is 2.41. The van der Waals surface area contributed by atoms with E-state index < -0.39 is 12.6 Å². The Balaban J connectivity index is 2.34. The van der Waals surface area contributed by atoms with E-state index in [-0.39, 0.29) is 19.1 Å². The van der Waals surface area contributed by atoms with E-state index in [9.17, 15) is 13.2 Å². The van der Waals surface area contributed by atoms with Gasteiger partial charge in [0.1, 0.15) is 0 Å². The first-order valence-electron chi connectivity index (χ1n) is 6.95. The number of alkyl halides is 3. The second-order valence-electron chi connectivity index (χ2n) is 4.71. The van der Waals surface area contributed by atoms with E-state index in [2.05, 4.69) is 12.2 Å². The molecule has 0 aromatic heterocycles. The Bertz CT molecular complexity index is 354. The van der Waals surface area contributed by atoms with Crippen LogP contribution in [0.25, 0.3) is 0 Å². The molecule has 114 valence electrons. The van der Waals surface area contributed by atoms with Crippen LogP contribution in [0.1, 0.15) is 37.8 Å². The van der Waals surface area contributed by atoms with E-state index in [1.54, 1.807) is 0 Å². The molecule has 1 unspecified atom stereocenters. The second-order valence-corrected chi connectivity index (χ2v) is 4.71. The van der Waals surface area contributed by atoms with Gasteiger partial charge in [-0.15, -0.1) is 0 Å². The maximum absolute atomic E-state index is 12.0. The highest BCUT2D eigenvalue weighted by Crippen LogP contribution is 2.21. The molecule has 1 aromatic carbocycles. The number of hydrogen-bond donors (Lipinski definition) is 1. The van der Waals surface area contributed by atoms with E-state index in [4.69, 9.17) is 4.74 Å². The molecule has 0 heterocycles. The van der Waals surface area contributed by atoms with E-state index in [0.717, 1.165) is 18.5 Å². The maximum atomic E-state index is 12.0. The van der Waals surface area contributed by atoms with Crippen molar-refractivity contribution in [2.45, 2.75) is 38.4 Å². The van der Waals surface area contributed by atoms with Crippen molar-refractivity contribution in [2.75, 3.05) is 19.8 Å². The van der Waals surface area contributed by atoms with Crippen molar-refractivity contribution in [3.05, 3.63) is 35.9 Å². The van der Waals surface area contributed by atoms with Crippen molar-refractivity contribution in [1.29, 1.82) is 0 Å². The molecule has 0 radical (unpaired) electrons. The van der Waals surface area contributed by atoms with Crippen molar-refractivity contribution in [3.8, 4) is 0 Å². The fourth-order valence-corrected chi connectivity index (χ4v) is 1.85. The minimum absolute atomic E-state index is 0.0127. The fraction of sp³-hybridized carbons (Fsp3) is 0.600. The van der Waals surface area contributed by atoms with E-state index in [1.165, 1.54) is 0 Å². The SMILES string of the molecule is CCCNC(COCCCC(F)(F)F)c1ccccc1. The van der Waals surface area contributed by atoms with Crippen LogP contribution in [0, 0.1) is 0 Å². The summed E-state index contributed by atoms with van der Waals surface area (Å²) in [7, 11) is 0. The first kappa shape index (κ1) is 17.0. The molecule has 0 aliphatic carbocycles. The maximum Gasteiger partial charge on any atom is 0.389 e. The van der Waals surface area contributed by atoms with Gasteiger partial charge < -0.3 is 10.1 Å². The monoisotopic (exact) mass is 289 g/mol. The Hall–Kier alpha value is -1.07. The highest BCUT2D eigenvalue weighted by Gasteiger charge is 2.26. The highest BCUT2D eigenvalue weighted by atomic mass is 19.4. The number of nitrogens with one attached hydrogen (secondary N) is 1. The van der Waals surface area contributed by atoms with E-state index in [0.29, 0.717) is 6.61 Å². The number of ether oxygens (including phenoxy) is 1. The third-order valence-electron chi connectivity index (χ3n) is 2.88. The van der Waals surface area contributed by atoms with Crippen LogP contribution >= 0.6 is 0 Å². The van der Waals surface area contributed by atoms with Crippen LogP contribution in [-0.2, 0) is 4.74 Å². The van der Waals surface area contributed by atoms with Gasteiger partial charge >= 0.3 is 6.18 Å². The molecule has 1 rings (SSSR count). The van der Waals surface area contributed by atoms with Gasteiger partial charge in [0, 0.05) is 13.0 Å². The quantitative estimate of drug-likeness (QED) is 0.691. The molecule has 0 saturated carbocycles. The Morgan fingerprint density at radius 2 is 1.90 bits per heavy atom. The molecule has 2 nitrogen and oxygen atoms in total. The lowest BCUT2D eigenvalue weighted by molar-refractivity contribution is -0.138. The van der Waals surface area contributed by atoms with Crippen LogP contribution in [0.5, 0.6) is 0 Å². The summed E-state index contributed by atoms with van der Waals surface area (Å²) >= 11 is 0. The van der Waals surface area contributed by atoms with Crippen molar-refractivity contribution in [3.63, 3.8) is 0 Å². The lowest BCUT2D eigenvalue weighted by Crippen LogP contribution is -2.26. The number of rotatable bonds is 9. The summed E-state index contributed by atoms with van der Waals surface area (Å²) in [5, 5.41) is 3.35. The fourth-order valence-electron chi connectivity index (χ4n) is 1.85. The van der Waals surface area contributed by atoms with Gasteiger partial charge in [-0.05, 0) is 24.9 Å². The molecule has 1 aromatic rings. The van der Waals surface area contributed by atoms with Gasteiger partial charge in [-0.25, -0.2) is 0 Å². The van der Waals surface area contributed by atoms with Gasteiger partial charge in [-0.1, -0.05) is 37.3 Å². The van der Waals surface area contributed by atoms with Gasteiger partial charge in [-0.2, -0.15) is 13.2 Å². The van der Waals surface area contributed by atoms with E-state index in [1.807, 2.05) is 30.3 Å². The summed E-state index contributed by atoms with van der Waals surface area (Å²) < 4.78 is 41.4. The lowest BCUT2D eigenvalue weighted by Gasteiger charge is -2.19. The first-order valence-corrected chi connectivity index (χ1v) is 6.95. The molecular formula is C15H22F3NO. The molecular weight excluding hydrogens is 267 g/mol. The molecule has 20 heavy (non-hydrogen) atoms. The molecule has 5 heteroatoms. The van der Waals surface area contributed by atoms with Crippen LogP contribution < -0.4 is 5.32 Å². The zero-order valence-electron chi connectivity index (χ0n) is 11.7. The van der Waals surface area contributed by atoms with Crippen LogP contribution in [0.2, 0.25) is 0 Å². The minimum atomic E-state index is -4.09. The molecule has 0 aliphatic rings. The number of halogens is 3. The highest BCUT2D eigenvalue weighted by molar-refractivity contribution is 5.18. The molecule has 0 fully saturated rings. The van der Waals surface area contributed by atoms with Gasteiger partial charge in [0.2, 0.25) is 0 Å². The second kappa shape index (κ2) is 8.97. The smallest absolute Gasteiger partial charge is 0.379 e. The van der Waals surface area contributed by atoms with Gasteiger partial charge in [0.25, 0.3) is 0 Å². The van der Waals surface area contributed by atoms with Gasteiger partial charge in [0.15, 0.2) is 0 Å². The summed E-state index contributed by atoms with van der Waals surface area (Å²) in [6, 6.07) is 9.84. The summed E-state index contributed by atoms with van der Waals surface area (Å²) in [6.07, 6.45) is -3.87.